The van der Waals surface area contributed by atoms with E-state index in [0.29, 0.717) is 9.90 Å². The van der Waals surface area contributed by atoms with Crippen LogP contribution in [-0.4, -0.2) is 11.3 Å². The third-order valence-corrected chi connectivity index (χ3v) is 3.56. The van der Waals surface area contributed by atoms with E-state index in [0.717, 1.165) is 21.3 Å². The van der Waals surface area contributed by atoms with E-state index in [9.17, 15) is 4.79 Å². The maximum absolute atomic E-state index is 10.5. The Hall–Kier alpha value is -0.710. The van der Waals surface area contributed by atoms with Crippen molar-refractivity contribution < 1.29 is 4.79 Å². The summed E-state index contributed by atoms with van der Waals surface area (Å²) in [7, 11) is 0. The van der Waals surface area contributed by atoms with Crippen LogP contribution in [-0.2, 0) is 0 Å². The Kier molecular flexibility index (Phi) is 3.19. The molecule has 0 saturated carbocycles. The molecule has 0 saturated heterocycles. The van der Waals surface area contributed by atoms with Crippen LogP contribution in [0.15, 0.2) is 28.9 Å². The molecule has 2 aromatic rings. The number of aromatic nitrogens is 1. The fourth-order valence-corrected chi connectivity index (χ4v) is 2.72. The summed E-state index contributed by atoms with van der Waals surface area (Å²) in [6.45, 7) is 0. The lowest BCUT2D eigenvalue weighted by Gasteiger charge is -1.99. The van der Waals surface area contributed by atoms with Gasteiger partial charge in [0.05, 0.1) is 9.90 Å². The second kappa shape index (κ2) is 4.43. The molecule has 1 aromatic heterocycles. The zero-order valence-corrected chi connectivity index (χ0v) is 10.6. The van der Waals surface area contributed by atoms with Gasteiger partial charge in [0.2, 0.25) is 0 Å². The molecule has 0 N–H and O–H groups in total. The van der Waals surface area contributed by atoms with E-state index in [1.807, 2.05) is 12.1 Å². The summed E-state index contributed by atoms with van der Waals surface area (Å²) >= 11 is 10.7. The summed E-state index contributed by atoms with van der Waals surface area (Å²) in [5.41, 5.74) is 0.845. The Bertz CT molecular complexity index is 512. The van der Waals surface area contributed by atoms with E-state index in [1.54, 1.807) is 12.3 Å². The highest BCUT2D eigenvalue weighted by Crippen LogP contribution is 2.32. The molecule has 0 atom stereocenters. The third-order valence-electron chi connectivity index (χ3n) is 1.80. The van der Waals surface area contributed by atoms with Gasteiger partial charge in [-0.3, -0.25) is 4.79 Å². The van der Waals surface area contributed by atoms with Crippen LogP contribution in [0.25, 0.3) is 10.6 Å². The first-order valence-corrected chi connectivity index (χ1v) is 6.06. The number of carbonyl (C=O) groups excluding carboxylic acids is 1. The van der Waals surface area contributed by atoms with Crippen LogP contribution in [0.3, 0.4) is 0 Å². The Balaban J connectivity index is 2.49. The molecule has 0 fully saturated rings. The van der Waals surface area contributed by atoms with Gasteiger partial charge in [-0.05, 0) is 18.2 Å². The Morgan fingerprint density at radius 3 is 2.87 bits per heavy atom. The molecule has 5 heteroatoms. The Morgan fingerprint density at radius 1 is 1.47 bits per heavy atom. The van der Waals surface area contributed by atoms with Gasteiger partial charge < -0.3 is 0 Å². The van der Waals surface area contributed by atoms with Crippen molar-refractivity contribution >= 4 is 45.2 Å². The molecule has 0 spiro atoms. The number of hydrogen-bond acceptors (Lipinski definition) is 3. The van der Waals surface area contributed by atoms with Gasteiger partial charge in [-0.1, -0.05) is 27.5 Å². The lowest BCUT2D eigenvalue weighted by molar-refractivity contribution is 0.112. The molecule has 15 heavy (non-hydrogen) atoms. The van der Waals surface area contributed by atoms with E-state index in [1.165, 1.54) is 11.3 Å². The third kappa shape index (κ3) is 2.27. The molecule has 0 aliphatic carbocycles. The molecule has 0 aliphatic heterocycles. The molecule has 2 nitrogen and oxygen atoms in total. The highest BCUT2D eigenvalue weighted by Gasteiger charge is 2.08. The van der Waals surface area contributed by atoms with Gasteiger partial charge in [0.1, 0.15) is 5.01 Å². The van der Waals surface area contributed by atoms with Gasteiger partial charge in [-0.25, -0.2) is 4.98 Å². The minimum atomic E-state index is 0.601. The molecule has 0 aliphatic rings. The van der Waals surface area contributed by atoms with Gasteiger partial charge in [0.25, 0.3) is 0 Å². The summed E-state index contributed by atoms with van der Waals surface area (Å²) < 4.78 is 0.920. The lowest BCUT2D eigenvalue weighted by atomic mass is 10.2. The number of halogens is 2. The van der Waals surface area contributed by atoms with E-state index >= 15 is 0 Å². The smallest absolute Gasteiger partial charge is 0.161 e. The predicted octanol–water partition coefficient (Wildman–Crippen LogP) is 4.04. The average molecular weight is 303 g/mol. The number of thiazole rings is 1. The predicted molar refractivity (Wildman–Crippen MR) is 65.6 cm³/mol. The first-order valence-electron chi connectivity index (χ1n) is 4.07. The second-order valence-corrected chi connectivity index (χ2v) is 5.19. The van der Waals surface area contributed by atoms with Crippen LogP contribution in [0, 0.1) is 0 Å². The molecule has 2 rings (SSSR count). The van der Waals surface area contributed by atoms with Crippen LogP contribution >= 0.6 is 38.9 Å². The zero-order valence-electron chi connectivity index (χ0n) is 7.41. The first-order chi connectivity index (χ1) is 7.20. The van der Waals surface area contributed by atoms with Crippen molar-refractivity contribution in [1.29, 1.82) is 0 Å². The van der Waals surface area contributed by atoms with Crippen LogP contribution < -0.4 is 0 Å². The van der Waals surface area contributed by atoms with E-state index in [-0.39, 0.29) is 0 Å². The molecular weight excluding hydrogens is 298 g/mol. The van der Waals surface area contributed by atoms with Crippen molar-refractivity contribution in [2.45, 2.75) is 0 Å². The summed E-state index contributed by atoms with van der Waals surface area (Å²) in [4.78, 5) is 15.3. The summed E-state index contributed by atoms with van der Waals surface area (Å²) in [5, 5.41) is 1.38. The molecule has 0 bridgehead atoms. The van der Waals surface area contributed by atoms with Crippen molar-refractivity contribution in [2.75, 3.05) is 0 Å². The number of benzene rings is 1. The fourth-order valence-electron chi connectivity index (χ4n) is 1.13. The van der Waals surface area contributed by atoms with E-state index in [2.05, 4.69) is 20.9 Å². The molecule has 76 valence electrons. The minimum Gasteiger partial charge on any atom is -0.297 e. The monoisotopic (exact) mass is 301 g/mol. The number of carbonyl (C=O) groups is 1. The lowest BCUT2D eigenvalue weighted by Crippen LogP contribution is -1.77. The number of aldehydes is 1. The standard InChI is InChI=1S/C10H5BrClNOS/c11-6-1-2-8(9(12)3-6)10-13-4-7(5-14)15-10/h1-5H. The highest BCUT2D eigenvalue weighted by atomic mass is 79.9. The van der Waals surface area contributed by atoms with Crippen molar-refractivity contribution in [2.24, 2.45) is 0 Å². The molecular formula is C10H5BrClNOS. The quantitative estimate of drug-likeness (QED) is 0.784. The maximum Gasteiger partial charge on any atom is 0.161 e. The van der Waals surface area contributed by atoms with Crippen LogP contribution in [0.4, 0.5) is 0 Å². The average Bonchev–Trinajstić information content (AvgIpc) is 2.66. The van der Waals surface area contributed by atoms with Gasteiger partial charge >= 0.3 is 0 Å². The number of rotatable bonds is 2. The molecule has 0 radical (unpaired) electrons. The van der Waals surface area contributed by atoms with Crippen molar-refractivity contribution in [3.8, 4) is 10.6 Å². The molecule has 0 amide bonds. The normalized spacial score (nSPS) is 10.3. The fraction of sp³-hybridized carbons (Fsp3) is 0. The topological polar surface area (TPSA) is 30.0 Å². The number of nitrogens with zero attached hydrogens (tertiary/aromatic N) is 1. The van der Waals surface area contributed by atoms with Gasteiger partial charge in [-0.2, -0.15) is 0 Å². The van der Waals surface area contributed by atoms with E-state index < -0.39 is 0 Å². The summed E-state index contributed by atoms with van der Waals surface area (Å²) in [6, 6.07) is 5.57. The SMILES string of the molecule is O=Cc1cnc(-c2ccc(Br)cc2Cl)s1. The van der Waals surface area contributed by atoms with Crippen molar-refractivity contribution in [3.63, 3.8) is 0 Å². The summed E-state index contributed by atoms with van der Waals surface area (Å²) in [5.74, 6) is 0. The molecule has 0 unspecified atom stereocenters. The Labute approximate surface area is 104 Å². The highest BCUT2D eigenvalue weighted by molar-refractivity contribution is 9.10. The molecule has 1 aromatic carbocycles. The van der Waals surface area contributed by atoms with E-state index in [4.69, 9.17) is 11.6 Å². The zero-order chi connectivity index (χ0) is 10.8. The Morgan fingerprint density at radius 2 is 2.27 bits per heavy atom. The van der Waals surface area contributed by atoms with Crippen LogP contribution in [0.2, 0.25) is 5.02 Å². The summed E-state index contributed by atoms with van der Waals surface area (Å²) in [6.07, 6.45) is 2.33. The van der Waals surface area contributed by atoms with Crippen molar-refractivity contribution in [1.82, 2.24) is 4.98 Å². The first kappa shape index (κ1) is 10.8. The maximum atomic E-state index is 10.5. The van der Waals surface area contributed by atoms with Gasteiger partial charge in [0.15, 0.2) is 6.29 Å². The second-order valence-electron chi connectivity index (χ2n) is 2.81. The van der Waals surface area contributed by atoms with Crippen LogP contribution in [0.1, 0.15) is 9.67 Å². The van der Waals surface area contributed by atoms with Gasteiger partial charge in [0, 0.05) is 16.2 Å². The molecule has 1 heterocycles. The van der Waals surface area contributed by atoms with Crippen molar-refractivity contribution in [3.05, 3.63) is 38.8 Å². The largest absolute Gasteiger partial charge is 0.297 e. The minimum absolute atomic E-state index is 0.601. The van der Waals surface area contributed by atoms with Crippen LogP contribution in [0.5, 0.6) is 0 Å². The van der Waals surface area contributed by atoms with Gasteiger partial charge in [-0.15, -0.1) is 11.3 Å². The number of hydrogen-bond donors (Lipinski definition) is 0.